The van der Waals surface area contributed by atoms with E-state index in [2.05, 4.69) is 13.8 Å². The van der Waals surface area contributed by atoms with Crippen molar-refractivity contribution in [3.63, 3.8) is 0 Å². The third kappa shape index (κ3) is 2.97. The largest absolute Gasteiger partial charge is 0.497 e. The first-order chi connectivity index (χ1) is 7.60. The molecule has 1 aromatic carbocycles. The second-order valence-electron chi connectivity index (χ2n) is 4.44. The van der Waals surface area contributed by atoms with Gasteiger partial charge in [-0.1, -0.05) is 26.0 Å². The molecule has 0 bridgehead atoms. The SMILES string of the molecule is COc1ccc(C(N)C(CN)C(C)C)cc1. The van der Waals surface area contributed by atoms with Crippen molar-refractivity contribution in [2.75, 3.05) is 13.7 Å². The molecule has 3 nitrogen and oxygen atoms in total. The Labute approximate surface area is 97.8 Å². The van der Waals surface area contributed by atoms with Gasteiger partial charge in [0.05, 0.1) is 7.11 Å². The highest BCUT2D eigenvalue weighted by Gasteiger charge is 2.21. The summed E-state index contributed by atoms with van der Waals surface area (Å²) in [4.78, 5) is 0. The van der Waals surface area contributed by atoms with E-state index in [4.69, 9.17) is 16.2 Å². The minimum atomic E-state index is -0.00379. The van der Waals surface area contributed by atoms with Crippen LogP contribution in [-0.2, 0) is 0 Å². The highest BCUT2D eigenvalue weighted by Crippen LogP contribution is 2.26. The van der Waals surface area contributed by atoms with Crippen LogP contribution in [0, 0.1) is 11.8 Å². The quantitative estimate of drug-likeness (QED) is 0.800. The zero-order valence-electron chi connectivity index (χ0n) is 10.3. The lowest BCUT2D eigenvalue weighted by molar-refractivity contribution is 0.331. The summed E-state index contributed by atoms with van der Waals surface area (Å²) in [5.74, 6) is 1.65. The van der Waals surface area contributed by atoms with Crippen LogP contribution in [0.15, 0.2) is 24.3 Å². The van der Waals surface area contributed by atoms with E-state index in [9.17, 15) is 0 Å². The summed E-state index contributed by atoms with van der Waals surface area (Å²) >= 11 is 0. The Morgan fingerprint density at radius 3 is 2.12 bits per heavy atom. The van der Waals surface area contributed by atoms with Gasteiger partial charge in [0, 0.05) is 6.04 Å². The molecule has 0 radical (unpaired) electrons. The Balaban J connectivity index is 2.82. The molecule has 0 aliphatic heterocycles. The Bertz CT molecular complexity index is 308. The van der Waals surface area contributed by atoms with Crippen molar-refractivity contribution in [1.29, 1.82) is 0 Å². The van der Waals surface area contributed by atoms with Crippen LogP contribution in [0.4, 0.5) is 0 Å². The molecule has 0 aliphatic carbocycles. The average molecular weight is 222 g/mol. The van der Waals surface area contributed by atoms with Crippen LogP contribution < -0.4 is 16.2 Å². The molecular formula is C13H22N2O. The van der Waals surface area contributed by atoms with Crippen molar-refractivity contribution in [3.05, 3.63) is 29.8 Å². The Hall–Kier alpha value is -1.06. The summed E-state index contributed by atoms with van der Waals surface area (Å²) in [6.45, 7) is 4.92. The highest BCUT2D eigenvalue weighted by atomic mass is 16.5. The van der Waals surface area contributed by atoms with E-state index in [-0.39, 0.29) is 6.04 Å². The van der Waals surface area contributed by atoms with Crippen molar-refractivity contribution < 1.29 is 4.74 Å². The van der Waals surface area contributed by atoms with E-state index in [0.717, 1.165) is 11.3 Å². The van der Waals surface area contributed by atoms with Crippen molar-refractivity contribution in [1.82, 2.24) is 0 Å². The third-order valence-corrected chi connectivity index (χ3v) is 3.09. The van der Waals surface area contributed by atoms with E-state index in [0.29, 0.717) is 18.4 Å². The maximum atomic E-state index is 6.22. The summed E-state index contributed by atoms with van der Waals surface area (Å²) in [5, 5.41) is 0. The van der Waals surface area contributed by atoms with Crippen molar-refractivity contribution in [3.8, 4) is 5.75 Å². The molecule has 4 N–H and O–H groups in total. The molecule has 16 heavy (non-hydrogen) atoms. The first-order valence-corrected chi connectivity index (χ1v) is 5.69. The van der Waals surface area contributed by atoms with Gasteiger partial charge in [-0.05, 0) is 36.1 Å². The lowest BCUT2D eigenvalue weighted by Crippen LogP contribution is -2.31. The number of methoxy groups -OCH3 is 1. The molecule has 1 aromatic rings. The van der Waals surface area contributed by atoms with E-state index in [1.54, 1.807) is 7.11 Å². The second kappa shape index (κ2) is 5.87. The number of hydrogen-bond acceptors (Lipinski definition) is 3. The molecule has 3 heteroatoms. The fourth-order valence-electron chi connectivity index (χ4n) is 1.91. The third-order valence-electron chi connectivity index (χ3n) is 3.09. The van der Waals surface area contributed by atoms with Gasteiger partial charge in [0.1, 0.15) is 5.75 Å². The van der Waals surface area contributed by atoms with Gasteiger partial charge in [0.2, 0.25) is 0 Å². The zero-order chi connectivity index (χ0) is 12.1. The summed E-state index contributed by atoms with van der Waals surface area (Å²) in [6, 6.07) is 7.88. The predicted molar refractivity (Wildman–Crippen MR) is 67.3 cm³/mol. The zero-order valence-corrected chi connectivity index (χ0v) is 10.3. The standard InChI is InChI=1S/C13H22N2O/c1-9(2)12(8-14)13(15)10-4-6-11(16-3)7-5-10/h4-7,9,12-13H,8,14-15H2,1-3H3. The summed E-state index contributed by atoms with van der Waals surface area (Å²) < 4.78 is 5.12. The van der Waals surface area contributed by atoms with Crippen molar-refractivity contribution in [2.24, 2.45) is 23.3 Å². The molecular weight excluding hydrogens is 200 g/mol. The second-order valence-corrected chi connectivity index (χ2v) is 4.44. The molecule has 0 saturated carbocycles. The minimum Gasteiger partial charge on any atom is -0.497 e. The molecule has 0 heterocycles. The van der Waals surface area contributed by atoms with Gasteiger partial charge in [0.25, 0.3) is 0 Å². The summed E-state index contributed by atoms with van der Waals surface area (Å²) in [5.41, 5.74) is 13.1. The van der Waals surface area contributed by atoms with Crippen LogP contribution in [-0.4, -0.2) is 13.7 Å². The molecule has 0 spiro atoms. The van der Waals surface area contributed by atoms with E-state index >= 15 is 0 Å². The normalized spacial score (nSPS) is 14.9. The Morgan fingerprint density at radius 1 is 1.19 bits per heavy atom. The van der Waals surface area contributed by atoms with E-state index in [1.807, 2.05) is 24.3 Å². The van der Waals surface area contributed by atoms with Crippen LogP contribution in [0.1, 0.15) is 25.5 Å². The fraction of sp³-hybridized carbons (Fsp3) is 0.538. The lowest BCUT2D eigenvalue weighted by Gasteiger charge is -2.26. The molecule has 0 aromatic heterocycles. The first-order valence-electron chi connectivity index (χ1n) is 5.69. The molecule has 0 fully saturated rings. The van der Waals surface area contributed by atoms with Crippen LogP contribution in [0.5, 0.6) is 5.75 Å². The van der Waals surface area contributed by atoms with Crippen LogP contribution in [0.2, 0.25) is 0 Å². The van der Waals surface area contributed by atoms with Gasteiger partial charge in [0.15, 0.2) is 0 Å². The van der Waals surface area contributed by atoms with Crippen LogP contribution in [0.3, 0.4) is 0 Å². The average Bonchev–Trinajstić information content (AvgIpc) is 2.29. The molecule has 90 valence electrons. The highest BCUT2D eigenvalue weighted by molar-refractivity contribution is 5.29. The number of rotatable bonds is 5. The lowest BCUT2D eigenvalue weighted by atomic mass is 9.85. The monoisotopic (exact) mass is 222 g/mol. The summed E-state index contributed by atoms with van der Waals surface area (Å²) in [6.07, 6.45) is 0. The van der Waals surface area contributed by atoms with Crippen LogP contribution in [0.25, 0.3) is 0 Å². The van der Waals surface area contributed by atoms with Gasteiger partial charge in [-0.2, -0.15) is 0 Å². The number of ether oxygens (including phenoxy) is 1. The van der Waals surface area contributed by atoms with Gasteiger partial charge < -0.3 is 16.2 Å². The molecule has 0 amide bonds. The summed E-state index contributed by atoms with van der Waals surface area (Å²) in [7, 11) is 1.66. The minimum absolute atomic E-state index is 0.00379. The smallest absolute Gasteiger partial charge is 0.118 e. The van der Waals surface area contributed by atoms with Crippen molar-refractivity contribution >= 4 is 0 Å². The van der Waals surface area contributed by atoms with Gasteiger partial charge in [-0.15, -0.1) is 0 Å². The molecule has 0 saturated heterocycles. The van der Waals surface area contributed by atoms with Gasteiger partial charge >= 0.3 is 0 Å². The Kier molecular flexibility index (Phi) is 4.77. The van der Waals surface area contributed by atoms with Gasteiger partial charge in [-0.25, -0.2) is 0 Å². The maximum Gasteiger partial charge on any atom is 0.118 e. The Morgan fingerprint density at radius 2 is 1.75 bits per heavy atom. The number of nitrogens with two attached hydrogens (primary N) is 2. The van der Waals surface area contributed by atoms with E-state index < -0.39 is 0 Å². The fourth-order valence-corrected chi connectivity index (χ4v) is 1.91. The van der Waals surface area contributed by atoms with E-state index in [1.165, 1.54) is 0 Å². The molecule has 2 unspecified atom stereocenters. The first kappa shape index (κ1) is 13.0. The predicted octanol–water partition coefficient (Wildman–Crippen LogP) is 1.93. The number of benzene rings is 1. The van der Waals surface area contributed by atoms with Gasteiger partial charge in [-0.3, -0.25) is 0 Å². The number of hydrogen-bond donors (Lipinski definition) is 2. The van der Waals surface area contributed by atoms with Crippen LogP contribution >= 0.6 is 0 Å². The maximum absolute atomic E-state index is 6.22. The molecule has 2 atom stereocenters. The van der Waals surface area contributed by atoms with Crippen molar-refractivity contribution in [2.45, 2.75) is 19.9 Å². The molecule has 1 rings (SSSR count). The topological polar surface area (TPSA) is 61.3 Å². The molecule has 0 aliphatic rings.